The number of para-hydroxylation sites is 1. The van der Waals surface area contributed by atoms with E-state index < -0.39 is 0 Å². The highest BCUT2D eigenvalue weighted by atomic mass is 16.5. The third kappa shape index (κ3) is 3.19. The number of ether oxygens (including phenoxy) is 2. The molecule has 28 heavy (non-hydrogen) atoms. The summed E-state index contributed by atoms with van der Waals surface area (Å²) in [7, 11) is 0. The van der Waals surface area contributed by atoms with E-state index in [1.54, 1.807) is 0 Å². The van der Waals surface area contributed by atoms with E-state index in [9.17, 15) is 4.79 Å². The van der Waals surface area contributed by atoms with Crippen LogP contribution in [0.3, 0.4) is 0 Å². The van der Waals surface area contributed by atoms with Crippen molar-refractivity contribution < 1.29 is 14.3 Å². The molecule has 0 N–H and O–H groups in total. The van der Waals surface area contributed by atoms with E-state index in [1.807, 2.05) is 6.07 Å². The van der Waals surface area contributed by atoms with Crippen LogP contribution in [0.4, 0.5) is 5.69 Å². The molecule has 1 amide bonds. The minimum atomic E-state index is 0.127. The molecule has 146 valence electrons. The summed E-state index contributed by atoms with van der Waals surface area (Å²) in [5.74, 6) is 1.83. The van der Waals surface area contributed by atoms with Gasteiger partial charge in [0.2, 0.25) is 5.91 Å². The van der Waals surface area contributed by atoms with E-state index in [-0.39, 0.29) is 11.9 Å². The number of nitrogens with zero attached hydrogens (tertiary/aromatic N) is 2. The number of benzene rings is 2. The maximum absolute atomic E-state index is 13.2. The Labute approximate surface area is 165 Å². The molecule has 2 aromatic carbocycles. The van der Waals surface area contributed by atoms with Gasteiger partial charge in [0, 0.05) is 25.2 Å². The third-order valence-corrected chi connectivity index (χ3v) is 6.04. The SMILES string of the molecule is O=C(CN1CCc2ccccc21)N1CCC[C@H]1c1ccc2c(c1)OCCCO2. The van der Waals surface area contributed by atoms with Gasteiger partial charge in [0.1, 0.15) is 0 Å². The summed E-state index contributed by atoms with van der Waals surface area (Å²) in [4.78, 5) is 17.4. The van der Waals surface area contributed by atoms with Gasteiger partial charge in [-0.1, -0.05) is 24.3 Å². The zero-order chi connectivity index (χ0) is 18.9. The van der Waals surface area contributed by atoms with E-state index in [1.165, 1.54) is 11.3 Å². The molecule has 5 nitrogen and oxygen atoms in total. The van der Waals surface area contributed by atoms with Crippen molar-refractivity contribution in [3.8, 4) is 11.5 Å². The first-order valence-corrected chi connectivity index (χ1v) is 10.3. The molecule has 5 rings (SSSR count). The predicted octanol–water partition coefficient (Wildman–Crippen LogP) is 3.57. The Balaban J connectivity index is 1.33. The lowest BCUT2D eigenvalue weighted by atomic mass is 10.0. The zero-order valence-electron chi connectivity index (χ0n) is 16.1. The van der Waals surface area contributed by atoms with Crippen LogP contribution in [0, 0.1) is 0 Å². The second-order valence-electron chi connectivity index (χ2n) is 7.80. The van der Waals surface area contributed by atoms with Gasteiger partial charge in [-0.15, -0.1) is 0 Å². The minimum Gasteiger partial charge on any atom is -0.490 e. The number of carbonyl (C=O) groups is 1. The second-order valence-corrected chi connectivity index (χ2v) is 7.80. The van der Waals surface area contributed by atoms with E-state index in [0.29, 0.717) is 19.8 Å². The number of hydrogen-bond donors (Lipinski definition) is 0. The van der Waals surface area contributed by atoms with Crippen molar-refractivity contribution >= 4 is 11.6 Å². The summed E-state index contributed by atoms with van der Waals surface area (Å²) in [6.07, 6.45) is 3.97. The first kappa shape index (κ1) is 17.4. The van der Waals surface area contributed by atoms with Crippen LogP contribution in [0.2, 0.25) is 0 Å². The fourth-order valence-corrected chi connectivity index (χ4v) is 4.62. The average molecular weight is 378 g/mol. The predicted molar refractivity (Wildman–Crippen MR) is 108 cm³/mol. The van der Waals surface area contributed by atoms with Crippen LogP contribution >= 0.6 is 0 Å². The van der Waals surface area contributed by atoms with Gasteiger partial charge < -0.3 is 19.3 Å². The Hall–Kier alpha value is -2.69. The van der Waals surface area contributed by atoms with Gasteiger partial charge in [0.15, 0.2) is 11.5 Å². The van der Waals surface area contributed by atoms with Gasteiger partial charge in [-0.05, 0) is 48.6 Å². The average Bonchev–Trinajstić information content (AvgIpc) is 3.30. The quantitative estimate of drug-likeness (QED) is 0.819. The van der Waals surface area contributed by atoms with Crippen molar-refractivity contribution in [2.24, 2.45) is 0 Å². The molecule has 1 fully saturated rings. The summed E-state index contributed by atoms with van der Waals surface area (Å²) < 4.78 is 11.6. The summed E-state index contributed by atoms with van der Waals surface area (Å²) in [6, 6.07) is 14.7. The zero-order valence-corrected chi connectivity index (χ0v) is 16.1. The Morgan fingerprint density at radius 1 is 1.00 bits per heavy atom. The van der Waals surface area contributed by atoms with Crippen LogP contribution in [0.5, 0.6) is 11.5 Å². The van der Waals surface area contributed by atoms with Crippen molar-refractivity contribution in [3.63, 3.8) is 0 Å². The van der Waals surface area contributed by atoms with E-state index in [4.69, 9.17) is 9.47 Å². The van der Waals surface area contributed by atoms with Crippen LogP contribution < -0.4 is 14.4 Å². The molecule has 0 aliphatic carbocycles. The number of amides is 1. The Morgan fingerprint density at radius 2 is 1.86 bits per heavy atom. The second kappa shape index (κ2) is 7.38. The lowest BCUT2D eigenvalue weighted by molar-refractivity contribution is -0.130. The number of likely N-dealkylation sites (tertiary alicyclic amines) is 1. The number of rotatable bonds is 3. The maximum atomic E-state index is 13.2. The monoisotopic (exact) mass is 378 g/mol. The standard InChI is InChI=1S/C23H26N2O3/c26-23(16-24-12-10-17-5-1-2-6-19(17)24)25-11-3-7-20(25)18-8-9-21-22(15-18)28-14-4-13-27-21/h1-2,5-6,8-9,15,20H,3-4,7,10-14,16H2/t20-/m0/s1. The van der Waals surface area contributed by atoms with E-state index in [2.05, 4.69) is 46.2 Å². The summed E-state index contributed by atoms with van der Waals surface area (Å²) in [6.45, 7) is 3.58. The Morgan fingerprint density at radius 3 is 2.79 bits per heavy atom. The topological polar surface area (TPSA) is 42.0 Å². The summed E-state index contributed by atoms with van der Waals surface area (Å²) >= 11 is 0. The molecular weight excluding hydrogens is 352 g/mol. The fraction of sp³-hybridized carbons (Fsp3) is 0.435. The molecule has 0 unspecified atom stereocenters. The van der Waals surface area contributed by atoms with Crippen LogP contribution in [-0.4, -0.2) is 43.7 Å². The first-order valence-electron chi connectivity index (χ1n) is 10.3. The van der Waals surface area contributed by atoms with Crippen molar-refractivity contribution in [1.29, 1.82) is 0 Å². The molecule has 3 aliphatic heterocycles. The van der Waals surface area contributed by atoms with Crippen molar-refractivity contribution in [2.45, 2.75) is 31.7 Å². The van der Waals surface area contributed by atoms with Crippen LogP contribution in [0.15, 0.2) is 42.5 Å². The number of anilines is 1. The van der Waals surface area contributed by atoms with Gasteiger partial charge in [0.25, 0.3) is 0 Å². The van der Waals surface area contributed by atoms with Gasteiger partial charge in [-0.3, -0.25) is 4.79 Å². The molecule has 2 aromatic rings. The molecule has 0 spiro atoms. The number of hydrogen-bond acceptors (Lipinski definition) is 4. The van der Waals surface area contributed by atoms with Crippen molar-refractivity contribution in [2.75, 3.05) is 37.7 Å². The molecule has 0 saturated carbocycles. The minimum absolute atomic E-state index is 0.127. The lowest BCUT2D eigenvalue weighted by Crippen LogP contribution is -2.39. The lowest BCUT2D eigenvalue weighted by Gasteiger charge is -2.28. The molecule has 0 aromatic heterocycles. The van der Waals surface area contributed by atoms with E-state index in [0.717, 1.165) is 55.8 Å². The van der Waals surface area contributed by atoms with Gasteiger partial charge in [-0.2, -0.15) is 0 Å². The van der Waals surface area contributed by atoms with Gasteiger partial charge in [-0.25, -0.2) is 0 Å². The Kier molecular flexibility index (Phi) is 4.59. The van der Waals surface area contributed by atoms with Crippen LogP contribution in [0.25, 0.3) is 0 Å². The van der Waals surface area contributed by atoms with Crippen molar-refractivity contribution in [1.82, 2.24) is 4.90 Å². The third-order valence-electron chi connectivity index (χ3n) is 6.04. The summed E-state index contributed by atoms with van der Waals surface area (Å²) in [5.41, 5.74) is 3.70. The highest BCUT2D eigenvalue weighted by Gasteiger charge is 2.32. The van der Waals surface area contributed by atoms with Crippen LogP contribution in [0.1, 0.15) is 36.4 Å². The smallest absolute Gasteiger partial charge is 0.242 e. The van der Waals surface area contributed by atoms with Crippen LogP contribution in [-0.2, 0) is 11.2 Å². The Bertz CT molecular complexity index is 882. The molecular formula is C23H26N2O3. The fourth-order valence-electron chi connectivity index (χ4n) is 4.62. The molecule has 0 bridgehead atoms. The maximum Gasteiger partial charge on any atom is 0.242 e. The molecule has 0 radical (unpaired) electrons. The van der Waals surface area contributed by atoms with Crippen molar-refractivity contribution in [3.05, 3.63) is 53.6 Å². The largest absolute Gasteiger partial charge is 0.490 e. The number of carbonyl (C=O) groups excluding carboxylic acids is 1. The summed E-state index contributed by atoms with van der Waals surface area (Å²) in [5, 5.41) is 0. The molecule has 3 heterocycles. The molecule has 3 aliphatic rings. The molecule has 1 saturated heterocycles. The normalized spacial score (nSPS) is 20.8. The van der Waals surface area contributed by atoms with Gasteiger partial charge in [0.05, 0.1) is 25.8 Å². The van der Waals surface area contributed by atoms with Gasteiger partial charge >= 0.3 is 0 Å². The number of fused-ring (bicyclic) bond motifs is 2. The first-order chi connectivity index (χ1) is 13.8. The van der Waals surface area contributed by atoms with E-state index >= 15 is 0 Å². The molecule has 1 atom stereocenters. The highest BCUT2D eigenvalue weighted by Crippen LogP contribution is 2.38. The highest BCUT2D eigenvalue weighted by molar-refractivity contribution is 5.83. The molecule has 5 heteroatoms.